The Morgan fingerprint density at radius 2 is 1.81 bits per heavy atom. The lowest BCUT2D eigenvalue weighted by Gasteiger charge is -2.23. The third-order valence-electron chi connectivity index (χ3n) is 2.49. The normalized spacial score (nSPS) is 14.2. The van der Waals surface area contributed by atoms with Crippen LogP contribution in [-0.4, -0.2) is 42.4 Å². The Bertz CT molecular complexity index is 385. The molecule has 7 heteroatoms. The van der Waals surface area contributed by atoms with Crippen molar-refractivity contribution in [3.8, 4) is 0 Å². The summed E-state index contributed by atoms with van der Waals surface area (Å²) < 4.78 is 21.0. The Hall–Kier alpha value is -1.11. The van der Waals surface area contributed by atoms with Gasteiger partial charge in [-0.2, -0.15) is 0 Å². The van der Waals surface area contributed by atoms with Gasteiger partial charge in [0, 0.05) is 6.26 Å². The van der Waals surface area contributed by atoms with Gasteiger partial charge in [-0.1, -0.05) is 6.92 Å². The second-order valence-corrected chi connectivity index (χ2v) is 6.62. The standard InChI is InChI=1S/C9H17NO5S/c1-5-6(7(11)12)10-8(13)9(2,3)16(4,14)15/h6H,5H2,1-4H3,(H,10,13)(H,11,12)/t6-/m0/s1. The molecule has 6 nitrogen and oxygen atoms in total. The number of amides is 1. The first-order valence-electron chi connectivity index (χ1n) is 4.77. The summed E-state index contributed by atoms with van der Waals surface area (Å²) in [5.74, 6) is -1.98. The van der Waals surface area contributed by atoms with Crippen molar-refractivity contribution in [1.29, 1.82) is 0 Å². The van der Waals surface area contributed by atoms with Crippen LogP contribution in [0.25, 0.3) is 0 Å². The minimum absolute atomic E-state index is 0.195. The van der Waals surface area contributed by atoms with Gasteiger partial charge in [-0.25, -0.2) is 13.2 Å². The highest BCUT2D eigenvalue weighted by atomic mass is 32.2. The monoisotopic (exact) mass is 251 g/mol. The Labute approximate surface area is 95.0 Å². The SMILES string of the molecule is CC[C@H](NC(=O)C(C)(C)S(C)(=O)=O)C(=O)O. The summed E-state index contributed by atoms with van der Waals surface area (Å²) in [7, 11) is -3.59. The summed E-state index contributed by atoms with van der Waals surface area (Å²) in [6, 6.07) is -1.06. The van der Waals surface area contributed by atoms with Gasteiger partial charge in [0.1, 0.15) is 10.8 Å². The first kappa shape index (κ1) is 14.9. The maximum absolute atomic E-state index is 11.6. The van der Waals surface area contributed by atoms with E-state index >= 15 is 0 Å². The summed E-state index contributed by atoms with van der Waals surface area (Å²) in [5.41, 5.74) is 0. The molecule has 0 fully saturated rings. The van der Waals surface area contributed by atoms with Gasteiger partial charge < -0.3 is 10.4 Å². The van der Waals surface area contributed by atoms with Crippen molar-refractivity contribution in [2.24, 2.45) is 0 Å². The number of hydrogen-bond donors (Lipinski definition) is 2. The van der Waals surface area contributed by atoms with Crippen LogP contribution in [-0.2, 0) is 19.4 Å². The molecule has 0 bridgehead atoms. The van der Waals surface area contributed by atoms with Crippen LogP contribution in [0.4, 0.5) is 0 Å². The summed E-state index contributed by atoms with van der Waals surface area (Å²) in [6.45, 7) is 4.07. The number of rotatable bonds is 5. The minimum Gasteiger partial charge on any atom is -0.480 e. The van der Waals surface area contributed by atoms with Crippen molar-refractivity contribution in [1.82, 2.24) is 5.32 Å². The number of hydrogen-bond acceptors (Lipinski definition) is 4. The fourth-order valence-corrected chi connectivity index (χ4v) is 1.23. The molecular weight excluding hydrogens is 234 g/mol. The highest BCUT2D eigenvalue weighted by molar-refractivity contribution is 7.92. The molecule has 0 rings (SSSR count). The molecule has 0 aliphatic rings. The predicted molar refractivity (Wildman–Crippen MR) is 58.8 cm³/mol. The molecule has 0 saturated heterocycles. The number of carboxylic acid groups (broad SMARTS) is 1. The number of carboxylic acids is 1. The van der Waals surface area contributed by atoms with Gasteiger partial charge in [0.25, 0.3) is 0 Å². The van der Waals surface area contributed by atoms with E-state index in [1.165, 1.54) is 13.8 Å². The van der Waals surface area contributed by atoms with Crippen LogP contribution in [0.15, 0.2) is 0 Å². The van der Waals surface area contributed by atoms with Crippen molar-refractivity contribution in [3.63, 3.8) is 0 Å². The van der Waals surface area contributed by atoms with E-state index in [-0.39, 0.29) is 6.42 Å². The summed E-state index contributed by atoms with van der Waals surface area (Å²) in [4.78, 5) is 22.3. The van der Waals surface area contributed by atoms with Crippen molar-refractivity contribution >= 4 is 21.7 Å². The van der Waals surface area contributed by atoms with Crippen LogP contribution >= 0.6 is 0 Å². The zero-order chi connectivity index (χ0) is 13.1. The third-order valence-corrected chi connectivity index (χ3v) is 4.52. The molecule has 16 heavy (non-hydrogen) atoms. The van der Waals surface area contributed by atoms with E-state index in [1.54, 1.807) is 6.92 Å². The number of carbonyl (C=O) groups is 2. The van der Waals surface area contributed by atoms with Crippen LogP contribution in [0.2, 0.25) is 0 Å². The molecule has 0 aliphatic carbocycles. The molecule has 1 amide bonds. The molecule has 2 N–H and O–H groups in total. The Balaban J connectivity index is 4.90. The van der Waals surface area contributed by atoms with Crippen LogP contribution in [0.1, 0.15) is 27.2 Å². The van der Waals surface area contributed by atoms with Crippen molar-refractivity contribution in [3.05, 3.63) is 0 Å². The molecule has 0 aromatic heterocycles. The lowest BCUT2D eigenvalue weighted by atomic mass is 10.1. The maximum atomic E-state index is 11.6. The number of nitrogens with one attached hydrogen (secondary N) is 1. The lowest BCUT2D eigenvalue weighted by molar-refractivity contribution is -0.142. The number of carbonyl (C=O) groups excluding carboxylic acids is 1. The Morgan fingerprint density at radius 1 is 1.38 bits per heavy atom. The minimum atomic E-state index is -3.59. The molecule has 0 heterocycles. The Morgan fingerprint density at radius 3 is 2.06 bits per heavy atom. The number of aliphatic carboxylic acids is 1. The maximum Gasteiger partial charge on any atom is 0.326 e. The fourth-order valence-electron chi connectivity index (χ4n) is 0.839. The molecule has 0 unspecified atom stereocenters. The smallest absolute Gasteiger partial charge is 0.326 e. The fraction of sp³-hybridized carbons (Fsp3) is 0.778. The quantitative estimate of drug-likeness (QED) is 0.704. The van der Waals surface area contributed by atoms with E-state index in [9.17, 15) is 18.0 Å². The Kier molecular flexibility index (Phi) is 4.48. The van der Waals surface area contributed by atoms with Gasteiger partial charge >= 0.3 is 5.97 Å². The van der Waals surface area contributed by atoms with Gasteiger partial charge in [0.2, 0.25) is 5.91 Å². The molecule has 0 saturated carbocycles. The van der Waals surface area contributed by atoms with Crippen LogP contribution in [0.5, 0.6) is 0 Å². The van der Waals surface area contributed by atoms with Crippen molar-refractivity contribution < 1.29 is 23.1 Å². The predicted octanol–water partition coefficient (Wildman–Crippen LogP) is -0.211. The van der Waals surface area contributed by atoms with E-state index in [4.69, 9.17) is 5.11 Å². The molecule has 0 aromatic rings. The molecule has 0 aliphatic heterocycles. The molecule has 1 atom stereocenters. The molecule has 0 radical (unpaired) electrons. The highest BCUT2D eigenvalue weighted by Crippen LogP contribution is 2.15. The van der Waals surface area contributed by atoms with E-state index in [1.807, 2.05) is 0 Å². The van der Waals surface area contributed by atoms with E-state index in [2.05, 4.69) is 5.32 Å². The molecule has 94 valence electrons. The summed E-state index contributed by atoms with van der Waals surface area (Å²) in [6.07, 6.45) is 1.13. The van der Waals surface area contributed by atoms with Gasteiger partial charge in [-0.15, -0.1) is 0 Å². The second kappa shape index (κ2) is 4.82. The molecular formula is C9H17NO5S. The van der Waals surface area contributed by atoms with E-state index in [0.717, 1.165) is 6.26 Å². The topological polar surface area (TPSA) is 101 Å². The first-order valence-corrected chi connectivity index (χ1v) is 6.66. The van der Waals surface area contributed by atoms with E-state index < -0.39 is 32.5 Å². The van der Waals surface area contributed by atoms with Crippen LogP contribution < -0.4 is 5.32 Å². The van der Waals surface area contributed by atoms with Gasteiger partial charge in [-0.3, -0.25) is 4.79 Å². The zero-order valence-corrected chi connectivity index (χ0v) is 10.6. The number of sulfone groups is 1. The van der Waals surface area contributed by atoms with Crippen molar-refractivity contribution in [2.75, 3.05) is 6.26 Å². The van der Waals surface area contributed by atoms with Gasteiger partial charge in [0.15, 0.2) is 9.84 Å². The first-order chi connectivity index (χ1) is 7.04. The van der Waals surface area contributed by atoms with Crippen molar-refractivity contribution in [2.45, 2.75) is 38.0 Å². The highest BCUT2D eigenvalue weighted by Gasteiger charge is 2.39. The van der Waals surface area contributed by atoms with Gasteiger partial charge in [-0.05, 0) is 20.3 Å². The zero-order valence-electron chi connectivity index (χ0n) is 9.77. The lowest BCUT2D eigenvalue weighted by Crippen LogP contribution is -2.52. The average Bonchev–Trinajstić information content (AvgIpc) is 2.11. The molecule has 0 aromatic carbocycles. The summed E-state index contributed by atoms with van der Waals surface area (Å²) >= 11 is 0. The molecule has 0 spiro atoms. The average molecular weight is 251 g/mol. The largest absolute Gasteiger partial charge is 0.480 e. The second-order valence-electron chi connectivity index (χ2n) is 4.06. The third kappa shape index (κ3) is 3.19. The van der Waals surface area contributed by atoms with E-state index in [0.29, 0.717) is 0 Å². The van der Waals surface area contributed by atoms with Gasteiger partial charge in [0.05, 0.1) is 0 Å². The summed E-state index contributed by atoms with van der Waals surface area (Å²) in [5, 5.41) is 10.9. The van der Waals surface area contributed by atoms with Crippen LogP contribution in [0.3, 0.4) is 0 Å². The van der Waals surface area contributed by atoms with Crippen LogP contribution in [0, 0.1) is 0 Å².